The van der Waals surface area contributed by atoms with Crippen LogP contribution in [0.5, 0.6) is 0 Å². The van der Waals surface area contributed by atoms with Gasteiger partial charge in [-0.25, -0.2) is 0 Å². The zero-order valence-electron chi connectivity index (χ0n) is 6.32. The van der Waals surface area contributed by atoms with Crippen molar-refractivity contribution >= 4 is 0 Å². The van der Waals surface area contributed by atoms with Gasteiger partial charge in [0.25, 0.3) is 0 Å². The zero-order valence-corrected chi connectivity index (χ0v) is 9.25. The normalized spacial score (nSPS) is 21.0. The van der Waals surface area contributed by atoms with E-state index in [-0.39, 0.29) is 40.8 Å². The summed E-state index contributed by atoms with van der Waals surface area (Å²) < 4.78 is 19.2. The minimum atomic E-state index is 0. The fraction of sp³-hybridized carbons (Fsp3) is 0.833. The molecule has 0 aromatic heterocycles. The van der Waals surface area contributed by atoms with Crippen LogP contribution < -0.4 is 0 Å². The Kier molecular flexibility index (Phi) is 7.54. The molecule has 1 rings (SSSR count). The topological polar surface area (TPSA) is 40.2 Å². The third-order valence-corrected chi connectivity index (χ3v) is 0.979. The van der Waals surface area contributed by atoms with Gasteiger partial charge in [0.05, 0.1) is 0 Å². The average molecular weight is 331 g/mol. The number of methoxy groups -OCH3 is 1. The molecule has 1 heterocycles. The van der Waals surface area contributed by atoms with Crippen molar-refractivity contribution in [3.05, 3.63) is 6.61 Å². The third kappa shape index (κ3) is 6.91. The van der Waals surface area contributed by atoms with Crippen molar-refractivity contribution in [3.8, 4) is 0 Å². The van der Waals surface area contributed by atoms with E-state index in [1.54, 1.807) is 13.7 Å². The summed E-state index contributed by atoms with van der Waals surface area (Å²) in [6.45, 7) is 2.83. The molecule has 0 N–H and O–H groups in total. The number of ether oxygens (including phenoxy) is 4. The van der Waals surface area contributed by atoms with Crippen LogP contribution in [0.15, 0.2) is 0 Å². The molecule has 0 saturated carbocycles. The minimum Gasteiger partial charge on any atom is -0.568 e. The number of epoxide rings is 1. The van der Waals surface area contributed by atoms with Gasteiger partial charge in [-0.3, -0.25) is 0 Å². The molecular weight excluding hydrogens is 320 g/mol. The molecular formula is C6H11O4W-. The van der Waals surface area contributed by atoms with Crippen molar-refractivity contribution < 1.29 is 40.0 Å². The monoisotopic (exact) mass is 331 g/mol. The van der Waals surface area contributed by atoms with Gasteiger partial charge in [0.2, 0.25) is 0 Å². The Labute approximate surface area is 80.4 Å². The molecule has 0 radical (unpaired) electrons. The molecule has 0 spiro atoms. The Morgan fingerprint density at radius 2 is 2.09 bits per heavy atom. The molecule has 0 amide bonds. The van der Waals surface area contributed by atoms with Gasteiger partial charge in [-0.2, -0.15) is 6.61 Å². The Balaban J connectivity index is 0.000001000. The summed E-state index contributed by atoms with van der Waals surface area (Å²) in [4.78, 5) is 0. The maximum Gasteiger partial charge on any atom is 0.149 e. The molecule has 0 aliphatic carbocycles. The first-order chi connectivity index (χ1) is 4.93. The Morgan fingerprint density at radius 1 is 1.36 bits per heavy atom. The van der Waals surface area contributed by atoms with E-state index >= 15 is 0 Å². The van der Waals surface area contributed by atoms with Gasteiger partial charge in [-0.15, -0.1) is 0 Å². The Morgan fingerprint density at radius 3 is 2.64 bits per heavy atom. The second-order valence-corrected chi connectivity index (χ2v) is 1.91. The van der Waals surface area contributed by atoms with Gasteiger partial charge in [-0.05, 0) is 0 Å². The van der Waals surface area contributed by atoms with E-state index in [0.29, 0.717) is 6.61 Å². The van der Waals surface area contributed by atoms with Crippen LogP contribution in [-0.4, -0.2) is 33.4 Å². The number of hydrogen-bond acceptors (Lipinski definition) is 4. The largest absolute Gasteiger partial charge is 0.568 e. The smallest absolute Gasteiger partial charge is 0.149 e. The zero-order chi connectivity index (χ0) is 7.23. The summed E-state index contributed by atoms with van der Waals surface area (Å²) >= 11 is 0. The van der Waals surface area contributed by atoms with Crippen molar-refractivity contribution in [1.29, 1.82) is 0 Å². The van der Waals surface area contributed by atoms with Gasteiger partial charge < -0.3 is 18.9 Å². The maximum atomic E-state index is 5.00. The average Bonchev–Trinajstić information content (AvgIpc) is 2.71. The fourth-order valence-corrected chi connectivity index (χ4v) is 0.475. The molecule has 4 nitrogen and oxygen atoms in total. The molecule has 5 heteroatoms. The molecule has 0 aromatic rings. The molecule has 1 unspecified atom stereocenters. The van der Waals surface area contributed by atoms with Crippen LogP contribution in [-0.2, 0) is 40.0 Å². The molecule has 1 aliphatic heterocycles. The van der Waals surface area contributed by atoms with Crippen LogP contribution in [0.1, 0.15) is 0 Å². The van der Waals surface area contributed by atoms with Crippen LogP contribution in [0.25, 0.3) is 0 Å². The third-order valence-electron chi connectivity index (χ3n) is 0.979. The van der Waals surface area contributed by atoms with E-state index in [4.69, 9.17) is 14.2 Å². The van der Waals surface area contributed by atoms with Crippen LogP contribution in [0.3, 0.4) is 0 Å². The van der Waals surface area contributed by atoms with Crippen molar-refractivity contribution in [2.24, 2.45) is 0 Å². The van der Waals surface area contributed by atoms with E-state index in [1.807, 2.05) is 0 Å². The molecule has 11 heavy (non-hydrogen) atoms. The molecule has 0 aromatic carbocycles. The molecule has 66 valence electrons. The molecule has 1 aliphatic rings. The van der Waals surface area contributed by atoms with Crippen molar-refractivity contribution in [3.63, 3.8) is 0 Å². The SMILES string of the molecule is COCOCOCC1[CH-]O1.[W]. The van der Waals surface area contributed by atoms with Crippen LogP contribution in [0.2, 0.25) is 0 Å². The van der Waals surface area contributed by atoms with E-state index in [1.165, 1.54) is 0 Å². The predicted octanol–water partition coefficient (Wildman–Crippen LogP) is 0.139. The van der Waals surface area contributed by atoms with E-state index in [0.717, 1.165) is 0 Å². The predicted molar refractivity (Wildman–Crippen MR) is 33.0 cm³/mol. The van der Waals surface area contributed by atoms with Crippen molar-refractivity contribution in [2.75, 3.05) is 27.3 Å². The Bertz CT molecular complexity index is 86.7. The minimum absolute atomic E-state index is 0. The van der Waals surface area contributed by atoms with Crippen LogP contribution in [0.4, 0.5) is 0 Å². The quantitative estimate of drug-likeness (QED) is 0.301. The molecule has 1 fully saturated rings. The van der Waals surface area contributed by atoms with Crippen LogP contribution in [0, 0.1) is 6.61 Å². The second kappa shape index (κ2) is 7.19. The molecule has 0 bridgehead atoms. The summed E-state index contributed by atoms with van der Waals surface area (Å²) in [6, 6.07) is 0. The standard InChI is InChI=1S/C6H11O4.W/c1-7-4-9-5-8-2-6-3-10-6;/h3,6H,2,4-5H2,1H3;/q-1;. The van der Waals surface area contributed by atoms with E-state index in [2.05, 4.69) is 4.74 Å². The van der Waals surface area contributed by atoms with Gasteiger partial charge in [-0.1, -0.05) is 6.10 Å². The molecule has 1 atom stereocenters. The number of hydrogen-bond donors (Lipinski definition) is 0. The summed E-state index contributed by atoms with van der Waals surface area (Å²) in [5, 5.41) is 0. The molecule has 1 saturated heterocycles. The first-order valence-electron chi connectivity index (χ1n) is 3.06. The van der Waals surface area contributed by atoms with Crippen molar-refractivity contribution in [2.45, 2.75) is 6.10 Å². The van der Waals surface area contributed by atoms with Gasteiger partial charge >= 0.3 is 0 Å². The van der Waals surface area contributed by atoms with E-state index < -0.39 is 0 Å². The summed E-state index contributed by atoms with van der Waals surface area (Å²) in [6.07, 6.45) is 0.186. The van der Waals surface area contributed by atoms with Gasteiger partial charge in [0, 0.05) is 34.8 Å². The second-order valence-electron chi connectivity index (χ2n) is 1.91. The van der Waals surface area contributed by atoms with Crippen molar-refractivity contribution in [1.82, 2.24) is 0 Å². The maximum absolute atomic E-state index is 5.00. The summed E-state index contributed by atoms with van der Waals surface area (Å²) in [7, 11) is 1.57. The fourth-order valence-electron chi connectivity index (χ4n) is 0.475. The van der Waals surface area contributed by atoms with E-state index in [9.17, 15) is 0 Å². The number of rotatable bonds is 6. The first-order valence-corrected chi connectivity index (χ1v) is 3.06. The van der Waals surface area contributed by atoms with Crippen LogP contribution >= 0.6 is 0 Å². The first kappa shape index (κ1) is 11.5. The summed E-state index contributed by atoms with van der Waals surface area (Å²) in [5.41, 5.74) is 0. The Hall–Kier alpha value is 0.528. The van der Waals surface area contributed by atoms with Gasteiger partial charge in [0.15, 0.2) is 0 Å². The summed E-state index contributed by atoms with van der Waals surface area (Å²) in [5.74, 6) is 0. The van der Waals surface area contributed by atoms with Gasteiger partial charge in [0.1, 0.15) is 13.6 Å².